The number of hydrogen-bond acceptors (Lipinski definition) is 5. The summed E-state index contributed by atoms with van der Waals surface area (Å²) in [6.07, 6.45) is 1.63. The van der Waals surface area contributed by atoms with Crippen LogP contribution >= 0.6 is 15.9 Å². The van der Waals surface area contributed by atoms with Gasteiger partial charge >= 0.3 is 0 Å². The van der Waals surface area contributed by atoms with E-state index < -0.39 is 0 Å². The molecule has 0 saturated carbocycles. The van der Waals surface area contributed by atoms with Gasteiger partial charge in [-0.25, -0.2) is 0 Å². The Morgan fingerprint density at radius 1 is 1.17 bits per heavy atom. The number of hydrogen-bond donors (Lipinski definition) is 1. The Bertz CT molecular complexity index is 726. The molecule has 6 heteroatoms. The molecule has 0 bridgehead atoms. The highest BCUT2D eigenvalue weighted by Crippen LogP contribution is 2.34. The monoisotopic (exact) mass is 390 g/mol. The fourth-order valence-electron chi connectivity index (χ4n) is 2.56. The number of nitrogens with zero attached hydrogens (tertiary/aromatic N) is 2. The first-order valence-corrected chi connectivity index (χ1v) is 8.50. The maximum absolute atomic E-state index is 10.2. The number of morpholine rings is 1. The number of methoxy groups -OCH3 is 1. The van der Waals surface area contributed by atoms with Crippen LogP contribution in [0.5, 0.6) is 11.5 Å². The third-order valence-corrected chi connectivity index (χ3v) is 4.61. The van der Waals surface area contributed by atoms with Crippen LogP contribution in [0.3, 0.4) is 0 Å². The van der Waals surface area contributed by atoms with Gasteiger partial charge in [-0.1, -0.05) is 0 Å². The Hall–Kier alpha value is -2.05. The number of halogens is 1. The lowest BCUT2D eigenvalue weighted by atomic mass is 10.2. The van der Waals surface area contributed by atoms with Gasteiger partial charge in [0.15, 0.2) is 11.5 Å². The zero-order valence-electron chi connectivity index (χ0n) is 13.4. The van der Waals surface area contributed by atoms with Gasteiger partial charge in [-0.15, -0.1) is 0 Å². The maximum Gasteiger partial charge on any atom is 0.167 e. The Morgan fingerprint density at radius 3 is 2.54 bits per heavy atom. The van der Waals surface area contributed by atoms with Gasteiger partial charge in [0.2, 0.25) is 0 Å². The summed E-state index contributed by atoms with van der Waals surface area (Å²) in [7, 11) is 1.52. The number of ether oxygens (including phenoxy) is 2. The largest absolute Gasteiger partial charge is 0.504 e. The molecular weight excluding hydrogens is 372 g/mol. The minimum Gasteiger partial charge on any atom is -0.504 e. The van der Waals surface area contributed by atoms with Crippen LogP contribution < -0.4 is 9.64 Å². The summed E-state index contributed by atoms with van der Waals surface area (Å²) in [5.74, 6) is 0.489. The third-order valence-electron chi connectivity index (χ3n) is 3.92. The van der Waals surface area contributed by atoms with Crippen molar-refractivity contribution in [1.29, 1.82) is 0 Å². The number of benzene rings is 2. The van der Waals surface area contributed by atoms with E-state index in [4.69, 9.17) is 9.47 Å². The summed E-state index contributed by atoms with van der Waals surface area (Å²) in [5, 5.41) is 10.2. The average molecular weight is 391 g/mol. The van der Waals surface area contributed by atoms with E-state index in [2.05, 4.69) is 38.0 Å². The van der Waals surface area contributed by atoms with E-state index in [-0.39, 0.29) is 5.75 Å². The lowest BCUT2D eigenvalue weighted by Gasteiger charge is -2.28. The minimum absolute atomic E-state index is 0.0700. The van der Waals surface area contributed by atoms with Crippen LogP contribution in [0.2, 0.25) is 0 Å². The average Bonchev–Trinajstić information content (AvgIpc) is 2.63. The Morgan fingerprint density at radius 2 is 1.88 bits per heavy atom. The second-order valence-electron chi connectivity index (χ2n) is 5.39. The molecule has 0 spiro atoms. The number of rotatable bonds is 4. The molecule has 1 saturated heterocycles. The van der Waals surface area contributed by atoms with Crippen LogP contribution in [0.4, 0.5) is 11.4 Å². The summed E-state index contributed by atoms with van der Waals surface area (Å²) < 4.78 is 11.3. The number of anilines is 1. The van der Waals surface area contributed by atoms with Crippen LogP contribution in [0.1, 0.15) is 5.56 Å². The third kappa shape index (κ3) is 3.71. The second kappa shape index (κ2) is 7.68. The maximum atomic E-state index is 10.2. The van der Waals surface area contributed by atoms with Crippen molar-refractivity contribution in [1.82, 2.24) is 0 Å². The van der Waals surface area contributed by atoms with Gasteiger partial charge in [-0.2, -0.15) is 0 Å². The number of phenols is 1. The highest BCUT2D eigenvalue weighted by molar-refractivity contribution is 9.10. The van der Waals surface area contributed by atoms with E-state index in [9.17, 15) is 5.11 Å². The molecule has 0 aliphatic carbocycles. The van der Waals surface area contributed by atoms with E-state index in [1.165, 1.54) is 12.8 Å². The molecule has 24 heavy (non-hydrogen) atoms. The lowest BCUT2D eigenvalue weighted by molar-refractivity contribution is 0.122. The Balaban J connectivity index is 1.77. The molecule has 1 heterocycles. The molecule has 0 amide bonds. The van der Waals surface area contributed by atoms with Gasteiger partial charge in [0.1, 0.15) is 0 Å². The summed E-state index contributed by atoms with van der Waals surface area (Å²) >= 11 is 3.42. The van der Waals surface area contributed by atoms with Crippen molar-refractivity contribution >= 4 is 33.5 Å². The summed E-state index contributed by atoms with van der Waals surface area (Å²) in [4.78, 5) is 6.74. The summed E-state index contributed by atoms with van der Waals surface area (Å²) in [6.45, 7) is 3.35. The molecule has 5 nitrogen and oxygen atoms in total. The highest BCUT2D eigenvalue weighted by Gasteiger charge is 2.11. The standard InChI is InChI=1S/C18H19BrN2O3/c1-23-17-7-6-16(19)15(18(17)22)12-20-13-2-4-14(5-3-13)21-8-10-24-11-9-21/h2-7,12,22H,8-11H2,1H3. The molecule has 0 radical (unpaired) electrons. The first-order chi connectivity index (χ1) is 11.7. The van der Waals surface area contributed by atoms with Gasteiger partial charge in [0.05, 0.1) is 31.6 Å². The molecule has 0 atom stereocenters. The normalized spacial score (nSPS) is 15.0. The molecule has 3 rings (SSSR count). The molecule has 1 aliphatic heterocycles. The number of phenolic OH excluding ortho intramolecular Hbond substituents is 1. The van der Waals surface area contributed by atoms with E-state index in [1.807, 2.05) is 18.2 Å². The van der Waals surface area contributed by atoms with E-state index in [0.29, 0.717) is 11.3 Å². The van der Waals surface area contributed by atoms with Gasteiger partial charge in [-0.3, -0.25) is 4.99 Å². The molecule has 1 aliphatic rings. The molecule has 2 aromatic carbocycles. The van der Waals surface area contributed by atoms with Crippen LogP contribution in [-0.4, -0.2) is 44.7 Å². The predicted molar refractivity (Wildman–Crippen MR) is 99.1 cm³/mol. The molecule has 0 unspecified atom stereocenters. The number of aliphatic imine (C=N–C) groups is 1. The van der Waals surface area contributed by atoms with Gasteiger partial charge in [0, 0.05) is 29.5 Å². The smallest absolute Gasteiger partial charge is 0.167 e. The molecule has 126 valence electrons. The topological polar surface area (TPSA) is 54.3 Å². The first kappa shape index (κ1) is 16.8. The molecule has 0 aromatic heterocycles. The zero-order chi connectivity index (χ0) is 16.9. The van der Waals surface area contributed by atoms with Gasteiger partial charge in [-0.05, 0) is 52.3 Å². The van der Waals surface area contributed by atoms with Gasteiger partial charge in [0.25, 0.3) is 0 Å². The summed E-state index contributed by atoms with van der Waals surface area (Å²) in [6, 6.07) is 11.6. The van der Waals surface area contributed by atoms with Crippen molar-refractivity contribution in [2.45, 2.75) is 0 Å². The SMILES string of the molecule is COc1ccc(Br)c(C=Nc2ccc(N3CCOCC3)cc2)c1O. The summed E-state index contributed by atoms with van der Waals surface area (Å²) in [5.41, 5.74) is 2.58. The van der Waals surface area contributed by atoms with Crippen LogP contribution in [0.25, 0.3) is 0 Å². The van der Waals surface area contributed by atoms with Crippen molar-refractivity contribution < 1.29 is 14.6 Å². The second-order valence-corrected chi connectivity index (χ2v) is 6.24. The number of aromatic hydroxyl groups is 1. The fourth-order valence-corrected chi connectivity index (χ4v) is 2.98. The molecular formula is C18H19BrN2O3. The predicted octanol–water partition coefficient (Wildman–Crippen LogP) is 3.75. The fraction of sp³-hybridized carbons (Fsp3) is 0.278. The van der Waals surface area contributed by atoms with Crippen LogP contribution in [0, 0.1) is 0 Å². The highest BCUT2D eigenvalue weighted by atomic mass is 79.9. The Labute approximate surface area is 149 Å². The minimum atomic E-state index is 0.0700. The van der Waals surface area contributed by atoms with Crippen LogP contribution in [0.15, 0.2) is 45.9 Å². The van der Waals surface area contributed by atoms with Crippen molar-refractivity contribution in [2.75, 3.05) is 38.3 Å². The zero-order valence-corrected chi connectivity index (χ0v) is 15.0. The molecule has 1 N–H and O–H groups in total. The molecule has 2 aromatic rings. The van der Waals surface area contributed by atoms with Crippen LogP contribution in [-0.2, 0) is 4.74 Å². The quantitative estimate of drug-likeness (QED) is 0.807. The van der Waals surface area contributed by atoms with Gasteiger partial charge < -0.3 is 19.5 Å². The van der Waals surface area contributed by atoms with Crippen molar-refractivity contribution in [3.05, 3.63) is 46.4 Å². The van der Waals surface area contributed by atoms with Crippen molar-refractivity contribution in [3.63, 3.8) is 0 Å². The first-order valence-electron chi connectivity index (χ1n) is 7.71. The Kier molecular flexibility index (Phi) is 5.37. The van der Waals surface area contributed by atoms with Crippen molar-refractivity contribution in [3.8, 4) is 11.5 Å². The van der Waals surface area contributed by atoms with Crippen molar-refractivity contribution in [2.24, 2.45) is 4.99 Å². The van der Waals surface area contributed by atoms with E-state index in [1.54, 1.807) is 12.3 Å². The van der Waals surface area contributed by atoms with E-state index in [0.717, 1.165) is 36.5 Å². The lowest BCUT2D eigenvalue weighted by Crippen LogP contribution is -2.36. The molecule has 1 fully saturated rings. The van der Waals surface area contributed by atoms with E-state index >= 15 is 0 Å².